The molecule has 2 aromatic heterocycles. The van der Waals surface area contributed by atoms with E-state index in [2.05, 4.69) is 33.1 Å². The minimum absolute atomic E-state index is 0.0368. The SMILES string of the molecule is COCCN(CCOC)CCc1c(C)[nH]c(C=c2c(=O)[nH][nH]c2=C2CC2)c1C1CC1. The molecule has 3 N–H and O–H groups in total. The van der Waals surface area contributed by atoms with Gasteiger partial charge >= 0.3 is 0 Å². The summed E-state index contributed by atoms with van der Waals surface area (Å²) in [6, 6.07) is 0. The first-order valence-electron chi connectivity index (χ1n) is 11.0. The minimum atomic E-state index is -0.0368. The molecule has 2 aliphatic carbocycles. The summed E-state index contributed by atoms with van der Waals surface area (Å²) in [6.07, 6.45) is 7.68. The van der Waals surface area contributed by atoms with Crippen molar-refractivity contribution >= 4 is 11.6 Å². The van der Waals surface area contributed by atoms with E-state index in [1.165, 1.54) is 35.2 Å². The molecule has 4 rings (SSSR count). The highest BCUT2D eigenvalue weighted by Crippen LogP contribution is 2.44. The van der Waals surface area contributed by atoms with Gasteiger partial charge in [-0.25, -0.2) is 0 Å². The first-order chi connectivity index (χ1) is 14.6. The highest BCUT2D eigenvalue weighted by molar-refractivity contribution is 5.61. The summed E-state index contributed by atoms with van der Waals surface area (Å²) in [6.45, 7) is 6.39. The fourth-order valence-electron chi connectivity index (χ4n) is 4.27. The number of H-pyrrole nitrogens is 3. The summed E-state index contributed by atoms with van der Waals surface area (Å²) in [5.74, 6) is 0.609. The van der Waals surface area contributed by atoms with E-state index in [0.29, 0.717) is 5.92 Å². The van der Waals surface area contributed by atoms with Crippen molar-refractivity contribution in [3.05, 3.63) is 43.4 Å². The molecule has 0 unspecified atom stereocenters. The molecule has 2 aromatic rings. The van der Waals surface area contributed by atoms with Crippen molar-refractivity contribution in [3.63, 3.8) is 0 Å². The standard InChI is InChI=1S/C23H34N4O3/c1-15-18(8-9-27(10-12-29-2)11-13-30-3)21(16-4-5-16)20(24-15)14-19-22(17-6-7-17)25-26-23(19)28/h14,16,24-25H,4-13H2,1-3H3,(H,26,28). The molecule has 0 radical (unpaired) electrons. The fourth-order valence-corrected chi connectivity index (χ4v) is 4.27. The summed E-state index contributed by atoms with van der Waals surface area (Å²) in [7, 11) is 3.49. The molecule has 0 bridgehead atoms. The second-order valence-corrected chi connectivity index (χ2v) is 8.52. The second-order valence-electron chi connectivity index (χ2n) is 8.52. The Balaban J connectivity index is 1.62. The lowest BCUT2D eigenvalue weighted by Gasteiger charge is -2.22. The molecular formula is C23H34N4O3. The third kappa shape index (κ3) is 4.79. The van der Waals surface area contributed by atoms with Crippen LogP contribution in [0.1, 0.15) is 54.1 Å². The van der Waals surface area contributed by atoms with Crippen LogP contribution in [0, 0.1) is 6.92 Å². The Morgan fingerprint density at radius 2 is 1.77 bits per heavy atom. The lowest BCUT2D eigenvalue weighted by molar-refractivity contribution is 0.115. The van der Waals surface area contributed by atoms with E-state index in [4.69, 9.17) is 9.47 Å². The van der Waals surface area contributed by atoms with E-state index in [-0.39, 0.29) is 5.56 Å². The third-order valence-corrected chi connectivity index (χ3v) is 6.23. The Bertz CT molecular complexity index is 1030. The van der Waals surface area contributed by atoms with E-state index < -0.39 is 0 Å². The van der Waals surface area contributed by atoms with Crippen LogP contribution in [-0.2, 0) is 15.9 Å². The van der Waals surface area contributed by atoms with Crippen LogP contribution in [0.15, 0.2) is 4.79 Å². The van der Waals surface area contributed by atoms with E-state index in [0.717, 1.165) is 68.4 Å². The fraction of sp³-hybridized carbons (Fsp3) is 0.609. The molecule has 7 heteroatoms. The first kappa shape index (κ1) is 21.2. The van der Waals surface area contributed by atoms with Crippen LogP contribution in [0.25, 0.3) is 11.6 Å². The predicted octanol–water partition coefficient (Wildman–Crippen LogP) is 1.13. The highest BCUT2D eigenvalue weighted by Gasteiger charge is 2.30. The summed E-state index contributed by atoms with van der Waals surface area (Å²) < 4.78 is 10.6. The zero-order chi connectivity index (χ0) is 21.1. The van der Waals surface area contributed by atoms with Crippen molar-refractivity contribution in [2.75, 3.05) is 47.1 Å². The monoisotopic (exact) mass is 414 g/mol. The average molecular weight is 415 g/mol. The largest absolute Gasteiger partial charge is 0.383 e. The molecule has 7 nitrogen and oxygen atoms in total. The van der Waals surface area contributed by atoms with Crippen LogP contribution in [0.5, 0.6) is 0 Å². The molecule has 2 saturated carbocycles. The quantitative estimate of drug-likeness (QED) is 0.515. The Labute approximate surface area is 177 Å². The number of rotatable bonds is 11. The van der Waals surface area contributed by atoms with Gasteiger partial charge in [0.15, 0.2) is 0 Å². The van der Waals surface area contributed by atoms with Crippen LogP contribution in [0.3, 0.4) is 0 Å². The van der Waals surface area contributed by atoms with E-state index >= 15 is 0 Å². The van der Waals surface area contributed by atoms with Gasteiger partial charge in [-0.05, 0) is 67.7 Å². The van der Waals surface area contributed by atoms with Crippen LogP contribution in [-0.4, -0.2) is 67.1 Å². The van der Waals surface area contributed by atoms with Gasteiger partial charge in [0, 0.05) is 45.2 Å². The van der Waals surface area contributed by atoms with Gasteiger partial charge in [-0.3, -0.25) is 19.9 Å². The van der Waals surface area contributed by atoms with Crippen molar-refractivity contribution in [1.82, 2.24) is 20.1 Å². The number of hydrogen-bond acceptors (Lipinski definition) is 4. The van der Waals surface area contributed by atoms with Crippen molar-refractivity contribution in [2.24, 2.45) is 0 Å². The normalized spacial score (nSPS) is 16.8. The Hall–Kier alpha value is -2.09. The van der Waals surface area contributed by atoms with Crippen LogP contribution >= 0.6 is 0 Å². The average Bonchev–Trinajstić information content (AvgIpc) is 3.66. The number of ether oxygens (including phenoxy) is 2. The number of methoxy groups -OCH3 is 2. The first-order valence-corrected chi connectivity index (χ1v) is 11.0. The van der Waals surface area contributed by atoms with Crippen molar-refractivity contribution in [2.45, 2.75) is 44.9 Å². The molecule has 164 valence electrons. The van der Waals surface area contributed by atoms with Crippen LogP contribution in [0.2, 0.25) is 0 Å². The lowest BCUT2D eigenvalue weighted by atomic mass is 10.0. The van der Waals surface area contributed by atoms with Gasteiger partial charge in [-0.1, -0.05) is 0 Å². The van der Waals surface area contributed by atoms with Crippen LogP contribution < -0.4 is 16.1 Å². The summed E-state index contributed by atoms with van der Waals surface area (Å²) in [5, 5.41) is 7.59. The Morgan fingerprint density at radius 3 is 2.37 bits per heavy atom. The van der Waals surface area contributed by atoms with Crippen LogP contribution in [0.4, 0.5) is 0 Å². The van der Waals surface area contributed by atoms with Gasteiger partial charge in [-0.15, -0.1) is 0 Å². The van der Waals surface area contributed by atoms with Gasteiger partial charge in [0.25, 0.3) is 5.56 Å². The molecule has 2 aliphatic rings. The summed E-state index contributed by atoms with van der Waals surface area (Å²) in [4.78, 5) is 18.4. The second kappa shape index (κ2) is 9.37. The van der Waals surface area contributed by atoms with Crippen molar-refractivity contribution in [3.8, 4) is 0 Å². The number of hydrogen-bond donors (Lipinski definition) is 3. The third-order valence-electron chi connectivity index (χ3n) is 6.23. The summed E-state index contributed by atoms with van der Waals surface area (Å²) in [5.41, 5.74) is 6.45. The molecule has 0 aliphatic heterocycles. The predicted molar refractivity (Wildman–Crippen MR) is 118 cm³/mol. The summed E-state index contributed by atoms with van der Waals surface area (Å²) >= 11 is 0. The van der Waals surface area contributed by atoms with Gasteiger partial charge < -0.3 is 14.5 Å². The lowest BCUT2D eigenvalue weighted by Crippen LogP contribution is -2.33. The molecule has 0 aromatic carbocycles. The molecule has 30 heavy (non-hydrogen) atoms. The van der Waals surface area contributed by atoms with Gasteiger partial charge in [0.05, 0.1) is 23.8 Å². The van der Waals surface area contributed by atoms with Crippen molar-refractivity contribution in [1.29, 1.82) is 0 Å². The maximum atomic E-state index is 12.4. The molecule has 0 atom stereocenters. The molecule has 2 fully saturated rings. The number of nitrogens with one attached hydrogen (secondary N) is 3. The Kier molecular flexibility index (Phi) is 6.61. The molecule has 0 amide bonds. The zero-order valence-corrected chi connectivity index (χ0v) is 18.4. The molecule has 0 saturated heterocycles. The Morgan fingerprint density at radius 1 is 1.07 bits per heavy atom. The van der Waals surface area contributed by atoms with Gasteiger partial charge in [-0.2, -0.15) is 0 Å². The van der Waals surface area contributed by atoms with Crippen molar-refractivity contribution < 1.29 is 9.47 Å². The van der Waals surface area contributed by atoms with E-state index in [1.54, 1.807) is 14.2 Å². The zero-order valence-electron chi connectivity index (χ0n) is 18.4. The van der Waals surface area contributed by atoms with E-state index in [1.807, 2.05) is 0 Å². The molecule has 2 heterocycles. The number of aromatic amines is 3. The minimum Gasteiger partial charge on any atom is -0.383 e. The van der Waals surface area contributed by atoms with Gasteiger partial charge in [0.1, 0.15) is 0 Å². The van der Waals surface area contributed by atoms with Gasteiger partial charge in [0.2, 0.25) is 0 Å². The molecular weight excluding hydrogens is 380 g/mol. The number of nitrogens with zero attached hydrogens (tertiary/aromatic N) is 1. The maximum absolute atomic E-state index is 12.4. The maximum Gasteiger partial charge on any atom is 0.271 e. The highest BCUT2D eigenvalue weighted by atomic mass is 16.5. The number of aryl methyl sites for hydroxylation is 1. The topological polar surface area (TPSA) is 86.1 Å². The molecule has 0 spiro atoms. The smallest absolute Gasteiger partial charge is 0.271 e. The van der Waals surface area contributed by atoms with E-state index in [9.17, 15) is 4.79 Å². The number of aromatic nitrogens is 3.